The summed E-state index contributed by atoms with van der Waals surface area (Å²) in [6, 6.07) is 0.275. The average Bonchev–Trinajstić information content (AvgIpc) is 2.93. The summed E-state index contributed by atoms with van der Waals surface area (Å²) in [6.45, 7) is 2.78. The molecule has 0 bridgehead atoms. The molecule has 3 atom stereocenters. The molecule has 2 fully saturated rings. The quantitative estimate of drug-likeness (QED) is 0.849. The van der Waals surface area contributed by atoms with E-state index in [4.69, 9.17) is 15.2 Å². The molecule has 6 heteroatoms. The van der Waals surface area contributed by atoms with E-state index in [9.17, 15) is 0 Å². The highest BCUT2D eigenvalue weighted by Crippen LogP contribution is 2.29. The second-order valence-corrected chi connectivity index (χ2v) is 5.14. The fraction of sp³-hybridized carbons (Fsp3) is 0.692. The van der Waals surface area contributed by atoms with Crippen LogP contribution in [0.5, 0.6) is 5.88 Å². The van der Waals surface area contributed by atoms with Gasteiger partial charge in [-0.05, 0) is 19.4 Å². The summed E-state index contributed by atoms with van der Waals surface area (Å²) in [5.74, 6) is 0.488. The number of methoxy groups -OCH3 is 1. The summed E-state index contributed by atoms with van der Waals surface area (Å²) in [6.07, 6.45) is 5.69. The van der Waals surface area contributed by atoms with Gasteiger partial charge in [0.15, 0.2) is 0 Å². The monoisotopic (exact) mass is 264 g/mol. The Morgan fingerprint density at radius 3 is 3.16 bits per heavy atom. The van der Waals surface area contributed by atoms with E-state index in [0.717, 1.165) is 19.7 Å². The second-order valence-electron chi connectivity index (χ2n) is 5.14. The number of fused-ring (bicyclic) bond motifs is 1. The van der Waals surface area contributed by atoms with Crippen LogP contribution < -0.4 is 10.5 Å². The predicted molar refractivity (Wildman–Crippen MR) is 69.8 cm³/mol. The van der Waals surface area contributed by atoms with Crippen molar-refractivity contribution in [3.05, 3.63) is 18.1 Å². The molecule has 2 N–H and O–H groups in total. The number of rotatable bonds is 3. The van der Waals surface area contributed by atoms with Gasteiger partial charge in [0.2, 0.25) is 5.88 Å². The first-order valence-electron chi connectivity index (χ1n) is 6.75. The standard InChI is InChI=1S/C13H20N4O2/c1-18-13-12(15-4-5-16-13)11(14)10-7-17-6-2-3-9(17)8-19-10/h4-5,9-11H,2-3,6-8,14H2,1H3. The van der Waals surface area contributed by atoms with Crippen molar-refractivity contribution in [2.24, 2.45) is 5.73 Å². The normalized spacial score (nSPS) is 28.9. The number of nitrogens with zero attached hydrogens (tertiary/aromatic N) is 3. The molecule has 0 amide bonds. The van der Waals surface area contributed by atoms with E-state index in [-0.39, 0.29) is 12.1 Å². The van der Waals surface area contributed by atoms with E-state index in [0.29, 0.717) is 17.6 Å². The van der Waals surface area contributed by atoms with E-state index in [1.807, 2.05) is 0 Å². The smallest absolute Gasteiger partial charge is 0.237 e. The highest BCUT2D eigenvalue weighted by molar-refractivity contribution is 5.22. The van der Waals surface area contributed by atoms with Crippen molar-refractivity contribution in [2.75, 3.05) is 26.8 Å². The van der Waals surface area contributed by atoms with E-state index in [1.54, 1.807) is 19.5 Å². The van der Waals surface area contributed by atoms with Crippen LogP contribution in [-0.2, 0) is 4.74 Å². The first kappa shape index (κ1) is 12.8. The first-order chi connectivity index (χ1) is 9.29. The van der Waals surface area contributed by atoms with Gasteiger partial charge < -0.3 is 15.2 Å². The Morgan fingerprint density at radius 1 is 1.47 bits per heavy atom. The summed E-state index contributed by atoms with van der Waals surface area (Å²) in [5.41, 5.74) is 6.97. The Morgan fingerprint density at radius 2 is 2.32 bits per heavy atom. The number of aromatic nitrogens is 2. The zero-order valence-electron chi connectivity index (χ0n) is 11.2. The summed E-state index contributed by atoms with van der Waals surface area (Å²) < 4.78 is 11.1. The van der Waals surface area contributed by atoms with Gasteiger partial charge in [-0.25, -0.2) is 4.98 Å². The largest absolute Gasteiger partial charge is 0.480 e. The summed E-state index contributed by atoms with van der Waals surface area (Å²) in [4.78, 5) is 10.9. The van der Waals surface area contributed by atoms with Crippen molar-refractivity contribution in [2.45, 2.75) is 31.0 Å². The second kappa shape index (κ2) is 5.40. The topological polar surface area (TPSA) is 73.5 Å². The van der Waals surface area contributed by atoms with Crippen LogP contribution in [0, 0.1) is 0 Å². The van der Waals surface area contributed by atoms with Gasteiger partial charge in [-0.2, -0.15) is 0 Å². The zero-order valence-corrected chi connectivity index (χ0v) is 11.2. The lowest BCUT2D eigenvalue weighted by Crippen LogP contribution is -2.49. The molecule has 0 aromatic carbocycles. The van der Waals surface area contributed by atoms with Gasteiger partial charge in [-0.3, -0.25) is 9.88 Å². The summed E-state index contributed by atoms with van der Waals surface area (Å²) in [5, 5.41) is 0. The predicted octanol–water partition coefficient (Wildman–Crippen LogP) is 0.348. The molecule has 0 radical (unpaired) electrons. The van der Waals surface area contributed by atoms with Crippen molar-refractivity contribution in [3.8, 4) is 5.88 Å². The molecule has 0 saturated carbocycles. The maximum Gasteiger partial charge on any atom is 0.237 e. The van der Waals surface area contributed by atoms with Gasteiger partial charge in [-0.15, -0.1) is 0 Å². The molecule has 2 aliphatic rings. The van der Waals surface area contributed by atoms with Gasteiger partial charge in [-0.1, -0.05) is 0 Å². The molecule has 3 rings (SSSR count). The third-order valence-corrected chi connectivity index (χ3v) is 4.02. The number of ether oxygens (including phenoxy) is 2. The molecule has 19 heavy (non-hydrogen) atoms. The molecular weight excluding hydrogens is 244 g/mol. The Bertz CT molecular complexity index is 442. The first-order valence-corrected chi connectivity index (χ1v) is 6.75. The average molecular weight is 264 g/mol. The molecule has 1 aromatic rings. The van der Waals surface area contributed by atoms with Gasteiger partial charge in [0, 0.05) is 25.0 Å². The van der Waals surface area contributed by atoms with E-state index in [2.05, 4.69) is 14.9 Å². The highest BCUT2D eigenvalue weighted by atomic mass is 16.5. The minimum absolute atomic E-state index is 0.0417. The van der Waals surface area contributed by atoms with Crippen LogP contribution in [0.15, 0.2) is 12.4 Å². The Kier molecular flexibility index (Phi) is 3.63. The molecule has 2 saturated heterocycles. The van der Waals surface area contributed by atoms with Crippen LogP contribution in [0.25, 0.3) is 0 Å². The SMILES string of the molecule is COc1nccnc1C(N)C1CN2CCCC2CO1. The lowest BCUT2D eigenvalue weighted by molar-refractivity contribution is -0.0605. The van der Waals surface area contributed by atoms with Crippen LogP contribution in [0.3, 0.4) is 0 Å². The summed E-state index contributed by atoms with van der Waals surface area (Å²) in [7, 11) is 1.58. The lowest BCUT2D eigenvalue weighted by Gasteiger charge is -2.37. The molecule has 2 aliphatic heterocycles. The van der Waals surface area contributed by atoms with E-state index >= 15 is 0 Å². The Labute approximate surface area is 112 Å². The fourth-order valence-electron chi connectivity index (χ4n) is 2.96. The van der Waals surface area contributed by atoms with E-state index in [1.165, 1.54) is 12.8 Å². The molecule has 3 heterocycles. The van der Waals surface area contributed by atoms with Crippen molar-refractivity contribution >= 4 is 0 Å². The number of hydrogen-bond acceptors (Lipinski definition) is 6. The maximum absolute atomic E-state index is 6.29. The highest BCUT2D eigenvalue weighted by Gasteiger charge is 2.36. The molecule has 6 nitrogen and oxygen atoms in total. The summed E-state index contributed by atoms with van der Waals surface area (Å²) >= 11 is 0. The van der Waals surface area contributed by atoms with Crippen molar-refractivity contribution < 1.29 is 9.47 Å². The van der Waals surface area contributed by atoms with Gasteiger partial charge in [0.05, 0.1) is 25.9 Å². The van der Waals surface area contributed by atoms with Crippen molar-refractivity contribution in [1.82, 2.24) is 14.9 Å². The minimum atomic E-state index is -0.301. The molecule has 0 spiro atoms. The van der Waals surface area contributed by atoms with Crippen LogP contribution in [-0.4, -0.2) is 53.8 Å². The molecule has 3 unspecified atom stereocenters. The third kappa shape index (κ3) is 2.43. The minimum Gasteiger partial charge on any atom is -0.480 e. The molecular formula is C13H20N4O2. The van der Waals surface area contributed by atoms with Crippen LogP contribution in [0.4, 0.5) is 0 Å². The van der Waals surface area contributed by atoms with Crippen LogP contribution in [0.1, 0.15) is 24.6 Å². The molecule has 1 aromatic heterocycles. The van der Waals surface area contributed by atoms with Gasteiger partial charge in [0.1, 0.15) is 5.69 Å². The van der Waals surface area contributed by atoms with E-state index < -0.39 is 0 Å². The van der Waals surface area contributed by atoms with Crippen LogP contribution in [0.2, 0.25) is 0 Å². The fourth-order valence-corrected chi connectivity index (χ4v) is 2.96. The Hall–Kier alpha value is -1.24. The third-order valence-electron chi connectivity index (χ3n) is 4.02. The number of morpholine rings is 1. The number of nitrogens with two attached hydrogens (primary N) is 1. The van der Waals surface area contributed by atoms with Gasteiger partial charge >= 0.3 is 0 Å². The zero-order chi connectivity index (χ0) is 13.2. The Balaban J connectivity index is 1.74. The number of hydrogen-bond donors (Lipinski definition) is 1. The molecule has 0 aliphatic carbocycles. The van der Waals surface area contributed by atoms with Crippen LogP contribution >= 0.6 is 0 Å². The molecule has 104 valence electrons. The van der Waals surface area contributed by atoms with Crippen molar-refractivity contribution in [1.29, 1.82) is 0 Å². The lowest BCUT2D eigenvalue weighted by atomic mass is 10.1. The maximum atomic E-state index is 6.29. The van der Waals surface area contributed by atoms with Gasteiger partial charge in [0.25, 0.3) is 0 Å². The van der Waals surface area contributed by atoms with Crippen molar-refractivity contribution in [3.63, 3.8) is 0 Å².